The summed E-state index contributed by atoms with van der Waals surface area (Å²) in [5.74, 6) is 0.417. The van der Waals surface area contributed by atoms with E-state index >= 15 is 0 Å². The van der Waals surface area contributed by atoms with Crippen LogP contribution in [0.1, 0.15) is 13.3 Å². The summed E-state index contributed by atoms with van der Waals surface area (Å²) >= 11 is 9.34. The lowest BCUT2D eigenvalue weighted by atomic mass is 10.2. The lowest BCUT2D eigenvalue weighted by Crippen LogP contribution is -2.07. The molecule has 1 heterocycles. The Morgan fingerprint density at radius 3 is 2.60 bits per heavy atom. The molecule has 0 aliphatic heterocycles. The molecule has 0 unspecified atom stereocenters. The average molecular weight is 399 g/mol. The van der Waals surface area contributed by atoms with Gasteiger partial charge in [0.25, 0.3) is 14.2 Å². The van der Waals surface area contributed by atoms with Crippen LogP contribution in [0, 0.1) is 0 Å². The van der Waals surface area contributed by atoms with Gasteiger partial charge in [-0.1, -0.05) is 18.5 Å². The zero-order chi connectivity index (χ0) is 14.9. The second-order valence-corrected chi connectivity index (χ2v) is 7.75. The molecule has 0 bridgehead atoms. The SMILES string of the molecule is CCCn1c(-c2ccc(Br)c(Cl)c2)nnc1S(=O)(=O)Cl. The number of aromatic nitrogens is 3. The van der Waals surface area contributed by atoms with Gasteiger partial charge < -0.3 is 0 Å². The molecule has 0 N–H and O–H groups in total. The van der Waals surface area contributed by atoms with Gasteiger partial charge in [-0.05, 0) is 40.5 Å². The fourth-order valence-electron chi connectivity index (χ4n) is 1.74. The molecule has 5 nitrogen and oxygen atoms in total. The fraction of sp³-hybridized carbons (Fsp3) is 0.273. The zero-order valence-electron chi connectivity index (χ0n) is 10.3. The Morgan fingerprint density at radius 1 is 1.35 bits per heavy atom. The van der Waals surface area contributed by atoms with Gasteiger partial charge in [0.1, 0.15) is 0 Å². The van der Waals surface area contributed by atoms with E-state index in [1.165, 1.54) is 4.57 Å². The van der Waals surface area contributed by atoms with Gasteiger partial charge in [-0.2, -0.15) is 0 Å². The van der Waals surface area contributed by atoms with Gasteiger partial charge in [0.15, 0.2) is 5.82 Å². The number of halogens is 3. The molecule has 0 amide bonds. The summed E-state index contributed by atoms with van der Waals surface area (Å²) < 4.78 is 25.2. The third-order valence-electron chi connectivity index (χ3n) is 2.56. The minimum absolute atomic E-state index is 0.255. The minimum Gasteiger partial charge on any atom is -0.297 e. The first-order valence-electron chi connectivity index (χ1n) is 5.68. The Balaban J connectivity index is 2.62. The van der Waals surface area contributed by atoms with Crippen molar-refractivity contribution < 1.29 is 8.42 Å². The molecule has 0 aliphatic rings. The van der Waals surface area contributed by atoms with Gasteiger partial charge in [0.2, 0.25) is 0 Å². The normalized spacial score (nSPS) is 11.8. The van der Waals surface area contributed by atoms with Crippen LogP contribution in [0.3, 0.4) is 0 Å². The highest BCUT2D eigenvalue weighted by Crippen LogP contribution is 2.29. The van der Waals surface area contributed by atoms with Crippen molar-refractivity contribution in [2.45, 2.75) is 25.0 Å². The highest BCUT2D eigenvalue weighted by molar-refractivity contribution is 9.10. The highest BCUT2D eigenvalue weighted by Gasteiger charge is 2.23. The molecule has 0 aliphatic carbocycles. The number of rotatable bonds is 4. The van der Waals surface area contributed by atoms with Crippen molar-refractivity contribution in [1.29, 1.82) is 0 Å². The smallest absolute Gasteiger partial charge is 0.296 e. The highest BCUT2D eigenvalue weighted by atomic mass is 79.9. The lowest BCUT2D eigenvalue weighted by molar-refractivity contribution is 0.570. The molecule has 0 saturated carbocycles. The van der Waals surface area contributed by atoms with E-state index in [1.807, 2.05) is 6.92 Å². The molecule has 9 heteroatoms. The van der Waals surface area contributed by atoms with Crippen molar-refractivity contribution >= 4 is 47.3 Å². The molecule has 20 heavy (non-hydrogen) atoms. The number of benzene rings is 1. The van der Waals surface area contributed by atoms with E-state index < -0.39 is 9.05 Å². The average Bonchev–Trinajstić information content (AvgIpc) is 2.77. The summed E-state index contributed by atoms with van der Waals surface area (Å²) in [6.45, 7) is 2.36. The molecular formula is C11H10BrCl2N3O2S. The first-order chi connectivity index (χ1) is 9.34. The topological polar surface area (TPSA) is 64.8 Å². The van der Waals surface area contributed by atoms with Crippen molar-refractivity contribution in [3.8, 4) is 11.4 Å². The molecule has 2 rings (SSSR count). The third kappa shape index (κ3) is 3.16. The van der Waals surface area contributed by atoms with Crippen molar-refractivity contribution in [3.63, 3.8) is 0 Å². The Labute approximate surface area is 134 Å². The third-order valence-corrected chi connectivity index (χ3v) is 4.94. The maximum absolute atomic E-state index is 11.5. The number of nitrogens with zero attached hydrogens (tertiary/aromatic N) is 3. The first kappa shape index (κ1) is 15.8. The molecule has 0 spiro atoms. The van der Waals surface area contributed by atoms with Crippen LogP contribution in [0.25, 0.3) is 11.4 Å². The van der Waals surface area contributed by atoms with Gasteiger partial charge in [0.05, 0.1) is 5.02 Å². The fourth-order valence-corrected chi connectivity index (χ4v) is 3.09. The van der Waals surface area contributed by atoms with Crippen molar-refractivity contribution in [2.24, 2.45) is 0 Å². The Morgan fingerprint density at radius 2 is 2.05 bits per heavy atom. The molecule has 1 aromatic heterocycles. The van der Waals surface area contributed by atoms with Gasteiger partial charge in [-0.3, -0.25) is 4.57 Å². The summed E-state index contributed by atoms with van der Waals surface area (Å²) in [7, 11) is 1.43. The number of hydrogen-bond donors (Lipinski definition) is 0. The Hall–Kier alpha value is -0.630. The van der Waals surface area contributed by atoms with Crippen molar-refractivity contribution in [2.75, 3.05) is 0 Å². The van der Waals surface area contributed by atoms with Gasteiger partial charge >= 0.3 is 0 Å². The summed E-state index contributed by atoms with van der Waals surface area (Å²) in [4.78, 5) is 0. The van der Waals surface area contributed by atoms with E-state index in [-0.39, 0.29) is 5.16 Å². The lowest BCUT2D eigenvalue weighted by Gasteiger charge is -2.08. The van der Waals surface area contributed by atoms with E-state index in [1.54, 1.807) is 18.2 Å². The summed E-state index contributed by atoms with van der Waals surface area (Å²) in [6.07, 6.45) is 0.717. The van der Waals surface area contributed by atoms with Gasteiger partial charge in [-0.15, -0.1) is 10.2 Å². The maximum atomic E-state index is 11.5. The molecule has 108 valence electrons. The molecular weight excluding hydrogens is 389 g/mol. The molecule has 1 aromatic carbocycles. The van der Waals surface area contributed by atoms with E-state index in [2.05, 4.69) is 26.1 Å². The zero-order valence-corrected chi connectivity index (χ0v) is 14.3. The van der Waals surface area contributed by atoms with Crippen LogP contribution in [0.2, 0.25) is 5.02 Å². The van der Waals surface area contributed by atoms with Crippen LogP contribution in [-0.2, 0) is 15.6 Å². The predicted molar refractivity (Wildman–Crippen MR) is 81.5 cm³/mol. The standard InChI is InChI=1S/C11H10BrCl2N3O2S/c1-2-5-17-10(15-16-11(17)20(14,18)19)7-3-4-8(12)9(13)6-7/h3-4,6H,2,5H2,1H3. The maximum Gasteiger partial charge on any atom is 0.296 e. The van der Waals surface area contributed by atoms with Crippen LogP contribution < -0.4 is 0 Å². The largest absolute Gasteiger partial charge is 0.297 e. The number of hydrogen-bond acceptors (Lipinski definition) is 4. The van der Waals surface area contributed by atoms with Crippen molar-refractivity contribution in [1.82, 2.24) is 14.8 Å². The molecule has 0 saturated heterocycles. The Kier molecular flexibility index (Phi) is 4.73. The van der Waals surface area contributed by atoms with Crippen LogP contribution in [-0.4, -0.2) is 23.2 Å². The second kappa shape index (κ2) is 6.01. The van der Waals surface area contributed by atoms with Crippen LogP contribution in [0.15, 0.2) is 27.8 Å². The van der Waals surface area contributed by atoms with Gasteiger partial charge in [-0.25, -0.2) is 8.42 Å². The van der Waals surface area contributed by atoms with E-state index in [9.17, 15) is 8.42 Å². The first-order valence-corrected chi connectivity index (χ1v) is 9.16. The van der Waals surface area contributed by atoms with Crippen molar-refractivity contribution in [3.05, 3.63) is 27.7 Å². The second-order valence-electron chi connectivity index (χ2n) is 4.02. The van der Waals surface area contributed by atoms with E-state index in [0.29, 0.717) is 29.4 Å². The van der Waals surface area contributed by atoms with E-state index in [0.717, 1.165) is 4.47 Å². The monoisotopic (exact) mass is 397 g/mol. The Bertz CT molecular complexity index is 746. The summed E-state index contributed by atoms with van der Waals surface area (Å²) in [5.41, 5.74) is 0.672. The quantitative estimate of drug-likeness (QED) is 0.736. The predicted octanol–water partition coefficient (Wildman–Crippen LogP) is 3.70. The van der Waals surface area contributed by atoms with Crippen LogP contribution in [0.5, 0.6) is 0 Å². The molecule has 2 aromatic rings. The molecule has 0 radical (unpaired) electrons. The summed E-state index contributed by atoms with van der Waals surface area (Å²) in [6, 6.07) is 5.22. The van der Waals surface area contributed by atoms with Gasteiger partial charge in [0, 0.05) is 27.3 Å². The van der Waals surface area contributed by atoms with Crippen LogP contribution >= 0.6 is 38.2 Å². The molecule has 0 fully saturated rings. The summed E-state index contributed by atoms with van der Waals surface area (Å²) in [5, 5.41) is 7.84. The minimum atomic E-state index is -3.94. The molecule has 0 atom stereocenters. The van der Waals surface area contributed by atoms with Crippen LogP contribution in [0.4, 0.5) is 0 Å². The van der Waals surface area contributed by atoms with E-state index in [4.69, 9.17) is 22.3 Å².